The van der Waals surface area contributed by atoms with Gasteiger partial charge in [-0.1, -0.05) is 40.9 Å². The van der Waals surface area contributed by atoms with Crippen LogP contribution in [-0.2, 0) is 11.2 Å². The highest BCUT2D eigenvalue weighted by Crippen LogP contribution is 2.28. The van der Waals surface area contributed by atoms with Crippen LogP contribution < -0.4 is 5.32 Å². The van der Waals surface area contributed by atoms with Gasteiger partial charge in [0.15, 0.2) is 0 Å². The Morgan fingerprint density at radius 3 is 2.89 bits per heavy atom. The smallest absolute Gasteiger partial charge is 0.224 e. The summed E-state index contributed by atoms with van der Waals surface area (Å²) in [6.45, 7) is 0.786. The summed E-state index contributed by atoms with van der Waals surface area (Å²) in [4.78, 5) is 11.8. The van der Waals surface area contributed by atoms with Crippen LogP contribution in [0.5, 0.6) is 0 Å². The van der Waals surface area contributed by atoms with E-state index in [1.807, 2.05) is 36.0 Å². The Hall–Kier alpha value is -0.480. The largest absolute Gasteiger partial charge is 0.355 e. The number of hydrogen-bond donors (Lipinski definition) is 1. The number of nitrogens with one attached hydrogen (secondary N) is 1. The Morgan fingerprint density at radius 1 is 1.37 bits per heavy atom. The molecular weight excluding hydrogens is 322 g/mol. The number of benzene rings is 1. The molecule has 1 fully saturated rings. The summed E-state index contributed by atoms with van der Waals surface area (Å²) in [5.74, 6) is 1.15. The molecule has 1 aromatic rings. The Morgan fingerprint density at radius 2 is 2.16 bits per heavy atom. The van der Waals surface area contributed by atoms with Crippen LogP contribution in [0.25, 0.3) is 0 Å². The minimum absolute atomic E-state index is 0.116. The molecule has 0 spiro atoms. The number of hydrogen-bond acceptors (Lipinski definition) is 2. The summed E-state index contributed by atoms with van der Waals surface area (Å²) in [6.07, 6.45) is 5.95. The molecule has 0 heterocycles. The SMILES string of the molecule is O=C(Cc1cccc(Br)c1)NCCSC1CCCC1. The van der Waals surface area contributed by atoms with Gasteiger partial charge in [0.25, 0.3) is 0 Å². The van der Waals surface area contributed by atoms with Crippen molar-refractivity contribution in [3.05, 3.63) is 34.3 Å². The lowest BCUT2D eigenvalue weighted by Gasteiger charge is -2.09. The zero-order chi connectivity index (χ0) is 13.5. The fourth-order valence-electron chi connectivity index (χ4n) is 2.37. The second kappa shape index (κ2) is 7.95. The van der Waals surface area contributed by atoms with E-state index in [4.69, 9.17) is 0 Å². The van der Waals surface area contributed by atoms with E-state index >= 15 is 0 Å². The Balaban J connectivity index is 1.61. The van der Waals surface area contributed by atoms with Gasteiger partial charge in [-0.15, -0.1) is 0 Å². The Labute approximate surface area is 127 Å². The van der Waals surface area contributed by atoms with Crippen molar-refractivity contribution in [3.63, 3.8) is 0 Å². The summed E-state index contributed by atoms with van der Waals surface area (Å²) in [5.41, 5.74) is 1.05. The minimum atomic E-state index is 0.116. The van der Waals surface area contributed by atoms with Crippen LogP contribution in [0.15, 0.2) is 28.7 Å². The zero-order valence-electron chi connectivity index (χ0n) is 11.0. The maximum absolute atomic E-state index is 11.8. The molecule has 0 aliphatic heterocycles. The van der Waals surface area contributed by atoms with Gasteiger partial charge in [0, 0.05) is 22.0 Å². The summed E-state index contributed by atoms with van der Waals surface area (Å²) in [7, 11) is 0. The van der Waals surface area contributed by atoms with Gasteiger partial charge in [-0.25, -0.2) is 0 Å². The summed E-state index contributed by atoms with van der Waals surface area (Å²) < 4.78 is 1.02. The molecule has 1 aromatic carbocycles. The molecule has 2 nitrogen and oxygen atoms in total. The number of thioether (sulfide) groups is 1. The molecule has 4 heteroatoms. The molecule has 0 saturated heterocycles. The monoisotopic (exact) mass is 341 g/mol. The van der Waals surface area contributed by atoms with Crippen molar-refractivity contribution in [1.82, 2.24) is 5.32 Å². The number of rotatable bonds is 6. The second-order valence-corrected chi connectivity index (χ2v) is 7.26. The summed E-state index contributed by atoms with van der Waals surface area (Å²) in [5, 5.41) is 3.83. The van der Waals surface area contributed by atoms with Crippen molar-refractivity contribution in [2.45, 2.75) is 37.4 Å². The summed E-state index contributed by atoms with van der Waals surface area (Å²) >= 11 is 5.43. The van der Waals surface area contributed by atoms with Crippen LogP contribution >= 0.6 is 27.7 Å². The molecule has 2 rings (SSSR count). The second-order valence-electron chi connectivity index (χ2n) is 4.93. The number of carbonyl (C=O) groups excluding carboxylic acids is 1. The highest BCUT2D eigenvalue weighted by atomic mass is 79.9. The fourth-order valence-corrected chi connectivity index (χ4v) is 4.03. The van der Waals surface area contributed by atoms with Crippen molar-refractivity contribution in [3.8, 4) is 0 Å². The maximum atomic E-state index is 11.8. The van der Waals surface area contributed by atoms with Crippen molar-refractivity contribution < 1.29 is 4.79 Å². The first kappa shape index (κ1) is 14.9. The quantitative estimate of drug-likeness (QED) is 0.797. The molecule has 0 atom stereocenters. The third-order valence-electron chi connectivity index (χ3n) is 3.33. The van der Waals surface area contributed by atoms with Crippen molar-refractivity contribution in [2.75, 3.05) is 12.3 Å². The summed E-state index contributed by atoms with van der Waals surface area (Å²) in [6, 6.07) is 7.91. The molecule has 1 saturated carbocycles. The molecule has 0 aromatic heterocycles. The lowest BCUT2D eigenvalue weighted by Crippen LogP contribution is -2.27. The Bertz CT molecular complexity index is 418. The first-order valence-corrected chi connectivity index (χ1v) is 8.71. The first-order valence-electron chi connectivity index (χ1n) is 6.87. The Kier molecular flexibility index (Phi) is 6.24. The van der Waals surface area contributed by atoms with Gasteiger partial charge >= 0.3 is 0 Å². The van der Waals surface area contributed by atoms with Crippen LogP contribution in [0.3, 0.4) is 0 Å². The van der Waals surface area contributed by atoms with Crippen molar-refractivity contribution >= 4 is 33.6 Å². The van der Waals surface area contributed by atoms with Crippen molar-refractivity contribution in [1.29, 1.82) is 0 Å². The fraction of sp³-hybridized carbons (Fsp3) is 0.533. The minimum Gasteiger partial charge on any atom is -0.355 e. The van der Waals surface area contributed by atoms with Gasteiger partial charge in [0.1, 0.15) is 0 Å². The van der Waals surface area contributed by atoms with E-state index in [9.17, 15) is 4.79 Å². The highest BCUT2D eigenvalue weighted by Gasteiger charge is 2.14. The third kappa shape index (κ3) is 5.57. The molecule has 0 bridgehead atoms. The van der Waals surface area contributed by atoms with Gasteiger partial charge in [0.2, 0.25) is 5.91 Å². The van der Waals surface area contributed by atoms with E-state index in [1.54, 1.807) is 0 Å². The van der Waals surface area contributed by atoms with E-state index in [0.717, 1.165) is 27.6 Å². The predicted molar refractivity (Wildman–Crippen MR) is 85.6 cm³/mol. The molecule has 104 valence electrons. The van der Waals surface area contributed by atoms with Crippen molar-refractivity contribution in [2.24, 2.45) is 0 Å². The molecule has 1 aliphatic carbocycles. The lowest BCUT2D eigenvalue weighted by atomic mass is 10.1. The van der Waals surface area contributed by atoms with Crippen LogP contribution in [0, 0.1) is 0 Å². The standard InChI is InChI=1S/C15H20BrNOS/c16-13-5-3-4-12(10-13)11-15(18)17-8-9-19-14-6-1-2-7-14/h3-5,10,14H,1-2,6-9,11H2,(H,17,18). The highest BCUT2D eigenvalue weighted by molar-refractivity contribution is 9.10. The van der Waals surface area contributed by atoms with Gasteiger partial charge < -0.3 is 5.32 Å². The van der Waals surface area contributed by atoms with E-state index < -0.39 is 0 Å². The van der Waals surface area contributed by atoms with E-state index in [1.165, 1.54) is 25.7 Å². The van der Waals surface area contributed by atoms with E-state index in [0.29, 0.717) is 6.42 Å². The van der Waals surface area contributed by atoms with Gasteiger partial charge in [-0.3, -0.25) is 4.79 Å². The molecule has 19 heavy (non-hydrogen) atoms. The van der Waals surface area contributed by atoms with E-state index in [2.05, 4.69) is 21.2 Å². The van der Waals surface area contributed by atoms with Crippen LogP contribution in [0.4, 0.5) is 0 Å². The molecular formula is C15H20BrNOS. The molecule has 0 radical (unpaired) electrons. The van der Waals surface area contributed by atoms with Crippen LogP contribution in [-0.4, -0.2) is 23.5 Å². The normalized spacial score (nSPS) is 15.6. The molecule has 1 aliphatic rings. The maximum Gasteiger partial charge on any atom is 0.224 e. The molecule has 1 amide bonds. The lowest BCUT2D eigenvalue weighted by molar-refractivity contribution is -0.120. The number of halogens is 1. The third-order valence-corrected chi connectivity index (χ3v) is 5.21. The van der Waals surface area contributed by atoms with Gasteiger partial charge in [-0.05, 0) is 30.5 Å². The number of amides is 1. The van der Waals surface area contributed by atoms with Gasteiger partial charge in [0.05, 0.1) is 6.42 Å². The van der Waals surface area contributed by atoms with Crippen LogP contribution in [0.1, 0.15) is 31.2 Å². The topological polar surface area (TPSA) is 29.1 Å². The van der Waals surface area contributed by atoms with Crippen LogP contribution in [0.2, 0.25) is 0 Å². The number of carbonyl (C=O) groups is 1. The molecule has 1 N–H and O–H groups in total. The zero-order valence-corrected chi connectivity index (χ0v) is 13.4. The molecule has 0 unspecified atom stereocenters. The predicted octanol–water partition coefficient (Wildman–Crippen LogP) is 3.78. The first-order chi connectivity index (χ1) is 9.24. The van der Waals surface area contributed by atoms with E-state index in [-0.39, 0.29) is 5.91 Å². The average Bonchev–Trinajstić information content (AvgIpc) is 2.88. The average molecular weight is 342 g/mol. The van der Waals surface area contributed by atoms with Gasteiger partial charge in [-0.2, -0.15) is 11.8 Å².